The molecule has 2 aromatic rings. The Bertz CT molecular complexity index is 1060. The van der Waals surface area contributed by atoms with Crippen LogP contribution in [0.2, 0.25) is 5.02 Å². The lowest BCUT2D eigenvalue weighted by Gasteiger charge is -2.14. The second-order valence-corrected chi connectivity index (χ2v) is 8.55. The Morgan fingerprint density at radius 2 is 1.84 bits per heavy atom. The molecule has 31 heavy (non-hydrogen) atoms. The van der Waals surface area contributed by atoms with E-state index >= 15 is 0 Å². The summed E-state index contributed by atoms with van der Waals surface area (Å²) in [5, 5.41) is 0.534. The molecule has 3 amide bonds. The fourth-order valence-electron chi connectivity index (χ4n) is 2.69. The van der Waals surface area contributed by atoms with Crippen LogP contribution in [0, 0.1) is 5.82 Å². The van der Waals surface area contributed by atoms with Crippen LogP contribution in [0.4, 0.5) is 4.39 Å². The van der Waals surface area contributed by atoms with E-state index in [0.717, 1.165) is 17.7 Å². The van der Waals surface area contributed by atoms with E-state index in [1.807, 2.05) is 6.07 Å². The number of halogens is 2. The smallest absolute Gasteiger partial charge is 0.269 e. The maximum atomic E-state index is 12.9. The molecule has 0 radical (unpaired) electrons. The summed E-state index contributed by atoms with van der Waals surface area (Å²) in [5.74, 6) is -1.68. The largest absolute Gasteiger partial charge is 0.293 e. The van der Waals surface area contributed by atoms with Gasteiger partial charge in [0.2, 0.25) is 5.91 Å². The fraction of sp³-hybridized carbons (Fsp3) is 0.143. The van der Waals surface area contributed by atoms with Crippen molar-refractivity contribution in [1.29, 1.82) is 0 Å². The highest BCUT2D eigenvalue weighted by Crippen LogP contribution is 2.33. The van der Waals surface area contributed by atoms with Crippen LogP contribution in [-0.2, 0) is 9.59 Å². The van der Waals surface area contributed by atoms with Gasteiger partial charge in [0.05, 0.1) is 4.91 Å². The molecule has 2 N–H and O–H groups in total. The standard InChI is InChI=1S/C21H17ClFN3O3S2/c22-16-5-2-1-4-14(16)12-17-20(29)26(21(30)31-17)11-3-6-18(27)24-25-19(28)13-7-9-15(23)10-8-13/h1-2,4-5,7-10,12H,3,6,11H2,(H,24,27)(H,25,28)/b17-12-. The summed E-state index contributed by atoms with van der Waals surface area (Å²) in [6.07, 6.45) is 2.12. The molecule has 1 saturated heterocycles. The van der Waals surface area contributed by atoms with Crippen molar-refractivity contribution in [2.45, 2.75) is 12.8 Å². The lowest BCUT2D eigenvalue weighted by molar-refractivity contribution is -0.124. The zero-order valence-corrected chi connectivity index (χ0v) is 18.5. The third-order valence-electron chi connectivity index (χ3n) is 4.27. The van der Waals surface area contributed by atoms with Crippen molar-refractivity contribution in [2.75, 3.05) is 6.54 Å². The summed E-state index contributed by atoms with van der Waals surface area (Å²) in [7, 11) is 0. The summed E-state index contributed by atoms with van der Waals surface area (Å²) in [6, 6.07) is 12.1. The lowest BCUT2D eigenvalue weighted by atomic mass is 10.2. The van der Waals surface area contributed by atoms with Gasteiger partial charge in [0, 0.05) is 23.6 Å². The molecule has 1 heterocycles. The first-order chi connectivity index (χ1) is 14.8. The Kier molecular flexibility index (Phi) is 7.78. The summed E-state index contributed by atoms with van der Waals surface area (Å²) < 4.78 is 13.3. The molecule has 2 aromatic carbocycles. The Hall–Kier alpha value is -2.75. The van der Waals surface area contributed by atoms with Crippen molar-refractivity contribution in [3.8, 4) is 0 Å². The highest BCUT2D eigenvalue weighted by atomic mass is 35.5. The highest BCUT2D eigenvalue weighted by Gasteiger charge is 2.31. The van der Waals surface area contributed by atoms with Crippen molar-refractivity contribution in [3.05, 3.63) is 75.4 Å². The summed E-state index contributed by atoms with van der Waals surface area (Å²) >= 11 is 12.6. The molecule has 0 bridgehead atoms. The summed E-state index contributed by atoms with van der Waals surface area (Å²) in [5.41, 5.74) is 5.49. The van der Waals surface area contributed by atoms with Gasteiger partial charge in [-0.25, -0.2) is 4.39 Å². The normalized spacial score (nSPS) is 14.8. The topological polar surface area (TPSA) is 78.5 Å². The quantitative estimate of drug-likeness (QED) is 0.374. The molecular formula is C21H17ClFN3O3S2. The van der Waals surface area contributed by atoms with Gasteiger partial charge in [-0.15, -0.1) is 0 Å². The average molecular weight is 478 g/mol. The van der Waals surface area contributed by atoms with Gasteiger partial charge >= 0.3 is 0 Å². The molecular weight excluding hydrogens is 461 g/mol. The van der Waals surface area contributed by atoms with Crippen LogP contribution in [0.25, 0.3) is 6.08 Å². The van der Waals surface area contributed by atoms with Gasteiger partial charge in [-0.3, -0.25) is 30.1 Å². The maximum absolute atomic E-state index is 12.9. The van der Waals surface area contributed by atoms with E-state index in [4.69, 9.17) is 23.8 Å². The molecule has 3 rings (SSSR count). The van der Waals surface area contributed by atoms with Gasteiger partial charge in [-0.1, -0.05) is 53.8 Å². The first kappa shape index (κ1) is 22.9. The number of hydrogen-bond acceptors (Lipinski definition) is 5. The molecule has 6 nitrogen and oxygen atoms in total. The Morgan fingerprint density at radius 1 is 1.13 bits per heavy atom. The van der Waals surface area contributed by atoms with Gasteiger partial charge in [0.25, 0.3) is 11.8 Å². The van der Waals surface area contributed by atoms with Crippen LogP contribution >= 0.6 is 35.6 Å². The lowest BCUT2D eigenvalue weighted by Crippen LogP contribution is -2.41. The van der Waals surface area contributed by atoms with E-state index in [0.29, 0.717) is 20.7 Å². The minimum atomic E-state index is -0.560. The molecule has 0 atom stereocenters. The molecule has 0 aliphatic carbocycles. The first-order valence-corrected chi connectivity index (χ1v) is 10.8. The molecule has 0 aromatic heterocycles. The zero-order valence-electron chi connectivity index (χ0n) is 16.1. The van der Waals surface area contributed by atoms with E-state index in [-0.39, 0.29) is 24.4 Å². The monoisotopic (exact) mass is 477 g/mol. The number of carbonyl (C=O) groups excluding carboxylic acids is 3. The number of nitrogens with zero attached hydrogens (tertiary/aromatic N) is 1. The number of hydrogen-bond donors (Lipinski definition) is 2. The predicted octanol–water partition coefficient (Wildman–Crippen LogP) is 3.92. The zero-order chi connectivity index (χ0) is 22.4. The second kappa shape index (κ2) is 10.5. The van der Waals surface area contributed by atoms with Gasteiger partial charge in [-0.2, -0.15) is 0 Å². The summed E-state index contributed by atoms with van der Waals surface area (Å²) in [6.45, 7) is 0.268. The number of hydrazine groups is 1. The van der Waals surface area contributed by atoms with E-state index < -0.39 is 17.6 Å². The molecule has 1 aliphatic heterocycles. The molecule has 1 aliphatic rings. The van der Waals surface area contributed by atoms with Crippen molar-refractivity contribution in [2.24, 2.45) is 0 Å². The number of benzene rings is 2. The van der Waals surface area contributed by atoms with Crippen LogP contribution in [0.3, 0.4) is 0 Å². The maximum Gasteiger partial charge on any atom is 0.269 e. The molecule has 0 spiro atoms. The number of thioether (sulfide) groups is 1. The van der Waals surface area contributed by atoms with Crippen LogP contribution in [0.5, 0.6) is 0 Å². The molecule has 1 fully saturated rings. The van der Waals surface area contributed by atoms with Gasteiger partial charge in [-0.05, 0) is 48.4 Å². The average Bonchev–Trinajstić information content (AvgIpc) is 3.01. The number of nitrogens with one attached hydrogen (secondary N) is 2. The number of carbonyl (C=O) groups is 3. The minimum absolute atomic E-state index is 0.0737. The SMILES string of the molecule is O=C(CCCN1C(=O)/C(=C/c2ccccc2Cl)SC1=S)NNC(=O)c1ccc(F)cc1. The van der Waals surface area contributed by atoms with Crippen LogP contribution < -0.4 is 10.9 Å². The molecule has 10 heteroatoms. The van der Waals surface area contributed by atoms with E-state index in [1.165, 1.54) is 28.8 Å². The van der Waals surface area contributed by atoms with Crippen LogP contribution in [0.15, 0.2) is 53.4 Å². The fourth-order valence-corrected chi connectivity index (χ4v) is 4.18. The van der Waals surface area contributed by atoms with Gasteiger partial charge in [0.15, 0.2) is 0 Å². The summed E-state index contributed by atoms with van der Waals surface area (Å²) in [4.78, 5) is 38.4. The second-order valence-electron chi connectivity index (χ2n) is 6.47. The number of rotatable bonds is 6. The van der Waals surface area contributed by atoms with Crippen molar-refractivity contribution < 1.29 is 18.8 Å². The Balaban J connectivity index is 1.46. The predicted molar refractivity (Wildman–Crippen MR) is 123 cm³/mol. The number of thiocarbonyl (C=S) groups is 1. The van der Waals surface area contributed by atoms with E-state index in [2.05, 4.69) is 10.9 Å². The van der Waals surface area contributed by atoms with Gasteiger partial charge in [0.1, 0.15) is 10.1 Å². The third-order valence-corrected chi connectivity index (χ3v) is 5.99. The van der Waals surface area contributed by atoms with E-state index in [1.54, 1.807) is 24.3 Å². The minimum Gasteiger partial charge on any atom is -0.293 e. The number of amides is 3. The Morgan fingerprint density at radius 3 is 2.55 bits per heavy atom. The Labute approximate surface area is 192 Å². The van der Waals surface area contributed by atoms with Crippen molar-refractivity contribution >= 4 is 63.7 Å². The molecule has 0 saturated carbocycles. The molecule has 160 valence electrons. The first-order valence-electron chi connectivity index (χ1n) is 9.20. The van der Waals surface area contributed by atoms with Crippen LogP contribution in [0.1, 0.15) is 28.8 Å². The highest BCUT2D eigenvalue weighted by molar-refractivity contribution is 8.26. The van der Waals surface area contributed by atoms with E-state index in [9.17, 15) is 18.8 Å². The van der Waals surface area contributed by atoms with Crippen molar-refractivity contribution in [3.63, 3.8) is 0 Å². The third kappa shape index (κ3) is 6.13. The van der Waals surface area contributed by atoms with Crippen LogP contribution in [-0.4, -0.2) is 33.5 Å². The van der Waals surface area contributed by atoms with Gasteiger partial charge < -0.3 is 0 Å². The molecule has 0 unspecified atom stereocenters. The van der Waals surface area contributed by atoms with Crippen molar-refractivity contribution in [1.82, 2.24) is 15.8 Å².